The maximum absolute atomic E-state index is 3.80. The monoisotopic (exact) mass is 243 g/mol. The molecule has 0 aliphatic heterocycles. The van der Waals surface area contributed by atoms with E-state index in [2.05, 4.69) is 36.5 Å². The van der Waals surface area contributed by atoms with Gasteiger partial charge in [0.15, 0.2) is 0 Å². The fourth-order valence-electron chi connectivity index (χ4n) is 3.49. The number of hydrogen-bond donors (Lipinski definition) is 1. The first-order valence-corrected chi connectivity index (χ1v) is 7.69. The third kappa shape index (κ3) is 2.33. The largest absolute Gasteiger partial charge is 0.314 e. The highest BCUT2D eigenvalue weighted by atomic mass is 14.9. The molecule has 2 atom stereocenters. The van der Waals surface area contributed by atoms with Crippen LogP contribution in [0.1, 0.15) is 56.1 Å². The molecule has 0 saturated heterocycles. The SMILES string of the molecule is CCCNC(CC1Cc2ccccc21)C1CCC1. The Morgan fingerprint density at radius 2 is 2.11 bits per heavy atom. The van der Waals surface area contributed by atoms with Crippen LogP contribution in [-0.2, 0) is 6.42 Å². The van der Waals surface area contributed by atoms with Gasteiger partial charge in [-0.3, -0.25) is 0 Å². The summed E-state index contributed by atoms with van der Waals surface area (Å²) in [6, 6.07) is 9.78. The van der Waals surface area contributed by atoms with Crippen LogP contribution in [0.15, 0.2) is 24.3 Å². The zero-order valence-corrected chi connectivity index (χ0v) is 11.5. The van der Waals surface area contributed by atoms with Crippen molar-refractivity contribution in [3.05, 3.63) is 35.4 Å². The van der Waals surface area contributed by atoms with E-state index in [4.69, 9.17) is 0 Å². The number of hydrogen-bond acceptors (Lipinski definition) is 1. The van der Waals surface area contributed by atoms with Crippen LogP contribution in [-0.4, -0.2) is 12.6 Å². The van der Waals surface area contributed by atoms with Crippen LogP contribution >= 0.6 is 0 Å². The summed E-state index contributed by atoms with van der Waals surface area (Å²) in [7, 11) is 0. The zero-order valence-electron chi connectivity index (χ0n) is 11.5. The van der Waals surface area contributed by atoms with E-state index in [1.165, 1.54) is 45.1 Å². The molecule has 2 unspecified atom stereocenters. The van der Waals surface area contributed by atoms with Gasteiger partial charge in [-0.1, -0.05) is 37.6 Å². The van der Waals surface area contributed by atoms with Crippen LogP contribution in [0, 0.1) is 5.92 Å². The minimum Gasteiger partial charge on any atom is -0.314 e. The third-order valence-electron chi connectivity index (χ3n) is 4.88. The van der Waals surface area contributed by atoms with Crippen molar-refractivity contribution in [2.45, 2.75) is 57.4 Å². The summed E-state index contributed by atoms with van der Waals surface area (Å²) >= 11 is 0. The Morgan fingerprint density at radius 1 is 1.28 bits per heavy atom. The number of fused-ring (bicyclic) bond motifs is 1. The Hall–Kier alpha value is -0.820. The van der Waals surface area contributed by atoms with Gasteiger partial charge in [-0.05, 0) is 61.6 Å². The van der Waals surface area contributed by atoms with Crippen molar-refractivity contribution in [1.29, 1.82) is 0 Å². The Kier molecular flexibility index (Phi) is 3.69. The molecule has 98 valence electrons. The Balaban J connectivity index is 1.60. The van der Waals surface area contributed by atoms with Gasteiger partial charge in [0.1, 0.15) is 0 Å². The van der Waals surface area contributed by atoms with Crippen molar-refractivity contribution >= 4 is 0 Å². The zero-order chi connectivity index (χ0) is 12.4. The van der Waals surface area contributed by atoms with Gasteiger partial charge in [-0.15, -0.1) is 0 Å². The normalized spacial score (nSPS) is 23.9. The molecule has 18 heavy (non-hydrogen) atoms. The fraction of sp³-hybridized carbons (Fsp3) is 0.647. The first kappa shape index (κ1) is 12.2. The second-order valence-electron chi connectivity index (χ2n) is 6.09. The quantitative estimate of drug-likeness (QED) is 0.799. The first-order chi connectivity index (χ1) is 8.88. The van der Waals surface area contributed by atoms with E-state index in [1.54, 1.807) is 11.1 Å². The molecule has 0 amide bonds. The smallest absolute Gasteiger partial charge is 0.0101 e. The molecule has 1 N–H and O–H groups in total. The Morgan fingerprint density at radius 3 is 2.78 bits per heavy atom. The van der Waals surface area contributed by atoms with Crippen LogP contribution in [0.3, 0.4) is 0 Å². The molecule has 0 aromatic heterocycles. The lowest BCUT2D eigenvalue weighted by Gasteiger charge is -2.39. The topological polar surface area (TPSA) is 12.0 Å². The van der Waals surface area contributed by atoms with Crippen molar-refractivity contribution < 1.29 is 0 Å². The van der Waals surface area contributed by atoms with Crippen molar-refractivity contribution in [3.63, 3.8) is 0 Å². The third-order valence-corrected chi connectivity index (χ3v) is 4.88. The molecule has 3 rings (SSSR count). The van der Waals surface area contributed by atoms with Gasteiger partial charge in [-0.25, -0.2) is 0 Å². The maximum atomic E-state index is 3.80. The standard InChI is InChI=1S/C17H25N/c1-2-10-18-17(13-7-5-8-13)12-15-11-14-6-3-4-9-16(14)15/h3-4,6,9,13,15,17-18H,2,5,7-8,10-12H2,1H3. The van der Waals surface area contributed by atoms with E-state index in [1.807, 2.05) is 0 Å². The minimum atomic E-state index is 0.775. The molecule has 1 saturated carbocycles. The Labute approximate surface area is 111 Å². The van der Waals surface area contributed by atoms with E-state index in [0.717, 1.165) is 17.9 Å². The molecule has 0 bridgehead atoms. The fourth-order valence-corrected chi connectivity index (χ4v) is 3.49. The lowest BCUT2D eigenvalue weighted by atomic mass is 9.70. The average Bonchev–Trinajstić information content (AvgIpc) is 2.30. The molecule has 2 aliphatic carbocycles. The number of rotatable bonds is 6. The van der Waals surface area contributed by atoms with Gasteiger partial charge in [-0.2, -0.15) is 0 Å². The molecule has 0 spiro atoms. The van der Waals surface area contributed by atoms with Crippen LogP contribution in [0.4, 0.5) is 0 Å². The summed E-state index contributed by atoms with van der Waals surface area (Å²) < 4.78 is 0. The second kappa shape index (κ2) is 5.44. The molecule has 1 aromatic carbocycles. The molecule has 1 heteroatoms. The summed E-state index contributed by atoms with van der Waals surface area (Å²) in [5.41, 5.74) is 3.21. The molecule has 1 aromatic rings. The summed E-state index contributed by atoms with van der Waals surface area (Å²) in [6.07, 6.45) is 8.29. The lowest BCUT2D eigenvalue weighted by Crippen LogP contribution is -2.42. The van der Waals surface area contributed by atoms with Gasteiger partial charge >= 0.3 is 0 Å². The number of benzene rings is 1. The summed E-state index contributed by atoms with van der Waals surface area (Å²) in [4.78, 5) is 0. The van der Waals surface area contributed by atoms with Crippen molar-refractivity contribution in [3.8, 4) is 0 Å². The predicted molar refractivity (Wildman–Crippen MR) is 76.9 cm³/mol. The van der Waals surface area contributed by atoms with E-state index in [0.29, 0.717) is 0 Å². The molecule has 1 nitrogen and oxygen atoms in total. The van der Waals surface area contributed by atoms with Gasteiger partial charge < -0.3 is 5.32 Å². The second-order valence-corrected chi connectivity index (χ2v) is 6.09. The summed E-state index contributed by atoms with van der Waals surface area (Å²) in [5, 5.41) is 3.80. The molecule has 1 fully saturated rings. The van der Waals surface area contributed by atoms with Crippen molar-refractivity contribution in [1.82, 2.24) is 5.32 Å². The van der Waals surface area contributed by atoms with Gasteiger partial charge in [0, 0.05) is 6.04 Å². The lowest BCUT2D eigenvalue weighted by molar-refractivity contribution is 0.208. The highest BCUT2D eigenvalue weighted by Crippen LogP contribution is 2.41. The summed E-state index contributed by atoms with van der Waals surface area (Å²) in [6.45, 7) is 3.46. The van der Waals surface area contributed by atoms with E-state index < -0.39 is 0 Å². The minimum absolute atomic E-state index is 0.775. The molecule has 0 radical (unpaired) electrons. The van der Waals surface area contributed by atoms with Crippen molar-refractivity contribution in [2.24, 2.45) is 5.92 Å². The Bertz CT molecular complexity index is 394. The summed E-state index contributed by atoms with van der Waals surface area (Å²) in [5.74, 6) is 1.79. The van der Waals surface area contributed by atoms with Gasteiger partial charge in [0.05, 0.1) is 0 Å². The van der Waals surface area contributed by atoms with Gasteiger partial charge in [0.25, 0.3) is 0 Å². The van der Waals surface area contributed by atoms with Crippen LogP contribution in [0.25, 0.3) is 0 Å². The van der Waals surface area contributed by atoms with Gasteiger partial charge in [0.2, 0.25) is 0 Å². The number of nitrogens with one attached hydrogen (secondary N) is 1. The molecular weight excluding hydrogens is 218 g/mol. The average molecular weight is 243 g/mol. The molecular formula is C17H25N. The van der Waals surface area contributed by atoms with Crippen LogP contribution < -0.4 is 5.32 Å². The van der Waals surface area contributed by atoms with Crippen LogP contribution in [0.5, 0.6) is 0 Å². The highest BCUT2D eigenvalue weighted by Gasteiger charge is 2.33. The molecule has 0 heterocycles. The van der Waals surface area contributed by atoms with E-state index in [9.17, 15) is 0 Å². The van der Waals surface area contributed by atoms with E-state index >= 15 is 0 Å². The highest BCUT2D eigenvalue weighted by molar-refractivity contribution is 5.39. The first-order valence-electron chi connectivity index (χ1n) is 7.69. The van der Waals surface area contributed by atoms with Crippen LogP contribution in [0.2, 0.25) is 0 Å². The molecule has 2 aliphatic rings. The van der Waals surface area contributed by atoms with E-state index in [-0.39, 0.29) is 0 Å². The predicted octanol–water partition coefficient (Wildman–Crippen LogP) is 3.88. The maximum Gasteiger partial charge on any atom is 0.0101 e. The van der Waals surface area contributed by atoms with Crippen molar-refractivity contribution in [2.75, 3.05) is 6.54 Å².